The van der Waals surface area contributed by atoms with Crippen LogP contribution in [0.1, 0.15) is 33.3 Å². The molecule has 0 saturated carbocycles. The van der Waals surface area contributed by atoms with Crippen molar-refractivity contribution in [3.05, 3.63) is 51.2 Å². The zero-order chi connectivity index (χ0) is 19.4. The maximum absolute atomic E-state index is 12.7. The summed E-state index contributed by atoms with van der Waals surface area (Å²) in [6.07, 6.45) is 0.878. The molecule has 1 aromatic carbocycles. The zero-order valence-electron chi connectivity index (χ0n) is 16.2. The number of benzene rings is 1. The van der Waals surface area contributed by atoms with E-state index in [-0.39, 0.29) is 11.8 Å². The van der Waals surface area contributed by atoms with Gasteiger partial charge in [-0.1, -0.05) is 19.1 Å². The summed E-state index contributed by atoms with van der Waals surface area (Å²) in [5, 5.41) is 5.00. The third-order valence-corrected chi connectivity index (χ3v) is 6.17. The van der Waals surface area contributed by atoms with Crippen LogP contribution >= 0.6 is 11.3 Å². The highest BCUT2D eigenvalue weighted by Crippen LogP contribution is 2.21. The average Bonchev–Trinajstić information content (AvgIpc) is 3.14. The number of carbonyl (C=O) groups is 2. The van der Waals surface area contributed by atoms with Crippen molar-refractivity contribution in [1.29, 1.82) is 0 Å². The fourth-order valence-electron chi connectivity index (χ4n) is 3.33. The minimum atomic E-state index is -0.00463. The van der Waals surface area contributed by atoms with E-state index in [9.17, 15) is 9.59 Å². The number of nitrogens with zero attached hydrogens (tertiary/aromatic N) is 2. The van der Waals surface area contributed by atoms with Crippen LogP contribution in [-0.2, 0) is 11.2 Å². The number of hydrogen-bond donors (Lipinski definition) is 1. The predicted octanol–water partition coefficient (Wildman–Crippen LogP) is 3.32. The average molecular weight is 386 g/mol. The monoisotopic (exact) mass is 385 g/mol. The van der Waals surface area contributed by atoms with E-state index < -0.39 is 0 Å². The molecule has 0 bridgehead atoms. The van der Waals surface area contributed by atoms with Crippen LogP contribution in [0.15, 0.2) is 29.6 Å². The topological polar surface area (TPSA) is 52.7 Å². The van der Waals surface area contributed by atoms with Crippen molar-refractivity contribution in [2.24, 2.45) is 0 Å². The third-order valence-electron chi connectivity index (χ3n) is 5.23. The standard InChI is InChI=1S/C21H27N3O2S/c1-4-17-8-13-27-20(17)21(26)24-11-9-23(10-12-24)14-19(25)22-18-7-5-6-15(2)16(18)3/h5-8,13H,4,9-12,14H2,1-3H3,(H,22,25). The van der Waals surface area contributed by atoms with E-state index in [1.807, 2.05) is 48.4 Å². The van der Waals surface area contributed by atoms with Crippen molar-refractivity contribution in [1.82, 2.24) is 9.80 Å². The highest BCUT2D eigenvalue weighted by atomic mass is 32.1. The molecule has 1 aliphatic rings. The van der Waals surface area contributed by atoms with Gasteiger partial charge < -0.3 is 10.2 Å². The van der Waals surface area contributed by atoms with Gasteiger partial charge in [-0.3, -0.25) is 14.5 Å². The summed E-state index contributed by atoms with van der Waals surface area (Å²) in [7, 11) is 0. The lowest BCUT2D eigenvalue weighted by atomic mass is 10.1. The molecule has 5 nitrogen and oxygen atoms in total. The van der Waals surface area contributed by atoms with Gasteiger partial charge in [-0.05, 0) is 54.5 Å². The van der Waals surface area contributed by atoms with Crippen LogP contribution < -0.4 is 5.32 Å². The molecule has 0 radical (unpaired) electrons. The molecule has 0 unspecified atom stereocenters. The largest absolute Gasteiger partial charge is 0.335 e. The van der Waals surface area contributed by atoms with Crippen LogP contribution in [0.2, 0.25) is 0 Å². The van der Waals surface area contributed by atoms with Crippen molar-refractivity contribution in [3.63, 3.8) is 0 Å². The number of carbonyl (C=O) groups excluding carboxylic acids is 2. The highest BCUT2D eigenvalue weighted by molar-refractivity contribution is 7.12. The Morgan fingerprint density at radius 3 is 2.56 bits per heavy atom. The molecule has 0 atom stereocenters. The van der Waals surface area contributed by atoms with Gasteiger partial charge in [-0.25, -0.2) is 0 Å². The van der Waals surface area contributed by atoms with Crippen LogP contribution in [-0.4, -0.2) is 54.3 Å². The molecule has 2 aromatic rings. The van der Waals surface area contributed by atoms with Gasteiger partial charge in [0.25, 0.3) is 5.91 Å². The van der Waals surface area contributed by atoms with Crippen molar-refractivity contribution < 1.29 is 9.59 Å². The van der Waals surface area contributed by atoms with Gasteiger partial charge in [-0.15, -0.1) is 11.3 Å². The zero-order valence-corrected chi connectivity index (χ0v) is 17.1. The SMILES string of the molecule is CCc1ccsc1C(=O)N1CCN(CC(=O)Nc2cccc(C)c2C)CC1. The molecule has 1 saturated heterocycles. The van der Waals surface area contributed by atoms with E-state index in [1.54, 1.807) is 0 Å². The number of anilines is 1. The number of aryl methyl sites for hydroxylation is 2. The van der Waals surface area contributed by atoms with E-state index in [2.05, 4.69) is 17.1 Å². The summed E-state index contributed by atoms with van der Waals surface area (Å²) in [4.78, 5) is 30.0. The Morgan fingerprint density at radius 1 is 1.11 bits per heavy atom. The molecule has 0 spiro atoms. The molecule has 1 N–H and O–H groups in total. The van der Waals surface area contributed by atoms with Crippen molar-refractivity contribution in [2.75, 3.05) is 38.0 Å². The maximum Gasteiger partial charge on any atom is 0.264 e. The molecule has 27 heavy (non-hydrogen) atoms. The Bertz CT molecular complexity index is 823. The molecular formula is C21H27N3O2S. The first kappa shape index (κ1) is 19.6. The quantitative estimate of drug-likeness (QED) is 0.859. The minimum absolute atomic E-state index is 0.00463. The summed E-state index contributed by atoms with van der Waals surface area (Å²) < 4.78 is 0. The van der Waals surface area contributed by atoms with Crippen LogP contribution in [0.3, 0.4) is 0 Å². The number of thiophene rings is 1. The second-order valence-electron chi connectivity index (χ2n) is 6.99. The number of nitrogens with one attached hydrogen (secondary N) is 1. The van der Waals surface area contributed by atoms with Crippen molar-refractivity contribution >= 4 is 28.8 Å². The number of hydrogen-bond acceptors (Lipinski definition) is 4. The number of amides is 2. The normalized spacial score (nSPS) is 15.0. The summed E-state index contributed by atoms with van der Waals surface area (Å²) in [5.41, 5.74) is 4.27. The van der Waals surface area contributed by atoms with Gasteiger partial charge in [0.15, 0.2) is 0 Å². The van der Waals surface area contributed by atoms with Crippen molar-refractivity contribution in [3.8, 4) is 0 Å². The number of rotatable bonds is 5. The Morgan fingerprint density at radius 2 is 1.85 bits per heavy atom. The van der Waals surface area contributed by atoms with E-state index in [1.165, 1.54) is 16.9 Å². The molecule has 144 valence electrons. The predicted molar refractivity (Wildman–Crippen MR) is 111 cm³/mol. The third kappa shape index (κ3) is 4.57. The van der Waals surface area contributed by atoms with Crippen LogP contribution in [0.4, 0.5) is 5.69 Å². The summed E-state index contributed by atoms with van der Waals surface area (Å²) >= 11 is 1.52. The molecule has 2 heterocycles. The fraction of sp³-hybridized carbons (Fsp3) is 0.429. The smallest absolute Gasteiger partial charge is 0.264 e. The van der Waals surface area contributed by atoms with E-state index in [4.69, 9.17) is 0 Å². The summed E-state index contributed by atoms with van der Waals surface area (Å²) in [6.45, 7) is 9.26. The molecule has 1 aromatic heterocycles. The van der Waals surface area contributed by atoms with Gasteiger partial charge in [-0.2, -0.15) is 0 Å². The molecule has 6 heteroatoms. The Kier molecular flexibility index (Phi) is 6.29. The Labute approximate surface area is 165 Å². The molecule has 2 amide bonds. The van der Waals surface area contributed by atoms with Gasteiger partial charge in [0.2, 0.25) is 5.91 Å². The van der Waals surface area contributed by atoms with E-state index >= 15 is 0 Å². The second-order valence-corrected chi connectivity index (χ2v) is 7.91. The molecule has 1 aliphatic heterocycles. The maximum atomic E-state index is 12.7. The lowest BCUT2D eigenvalue weighted by Crippen LogP contribution is -2.50. The fourth-order valence-corrected chi connectivity index (χ4v) is 4.30. The van der Waals surface area contributed by atoms with E-state index in [0.717, 1.165) is 41.2 Å². The molecular weight excluding hydrogens is 358 g/mol. The Balaban J connectivity index is 1.51. The van der Waals surface area contributed by atoms with Gasteiger partial charge in [0, 0.05) is 31.9 Å². The first-order valence-corrected chi connectivity index (χ1v) is 10.3. The molecule has 1 fully saturated rings. The van der Waals surface area contributed by atoms with E-state index in [0.29, 0.717) is 19.6 Å². The van der Waals surface area contributed by atoms with Crippen LogP contribution in [0.25, 0.3) is 0 Å². The second kappa shape index (κ2) is 8.67. The summed E-state index contributed by atoms with van der Waals surface area (Å²) in [5.74, 6) is 0.122. The molecule has 3 rings (SSSR count). The van der Waals surface area contributed by atoms with Gasteiger partial charge in [0.1, 0.15) is 0 Å². The Hall–Kier alpha value is -2.18. The van der Waals surface area contributed by atoms with Gasteiger partial charge >= 0.3 is 0 Å². The first-order valence-electron chi connectivity index (χ1n) is 9.43. The van der Waals surface area contributed by atoms with Crippen LogP contribution in [0.5, 0.6) is 0 Å². The van der Waals surface area contributed by atoms with Crippen LogP contribution in [0, 0.1) is 13.8 Å². The molecule has 0 aliphatic carbocycles. The lowest BCUT2D eigenvalue weighted by molar-refractivity contribution is -0.117. The highest BCUT2D eigenvalue weighted by Gasteiger charge is 2.25. The minimum Gasteiger partial charge on any atom is -0.335 e. The van der Waals surface area contributed by atoms with Gasteiger partial charge in [0.05, 0.1) is 11.4 Å². The first-order chi connectivity index (χ1) is 13.0. The summed E-state index contributed by atoms with van der Waals surface area (Å²) in [6, 6.07) is 7.96. The number of piperazine rings is 1. The lowest BCUT2D eigenvalue weighted by Gasteiger charge is -2.34. The van der Waals surface area contributed by atoms with Crippen molar-refractivity contribution in [2.45, 2.75) is 27.2 Å².